The van der Waals surface area contributed by atoms with Crippen LogP contribution in [0.5, 0.6) is 0 Å². The Morgan fingerprint density at radius 3 is 2.22 bits per heavy atom. The molecule has 0 bridgehead atoms. The second-order valence-electron chi connectivity index (χ2n) is 4.23. The Kier molecular flexibility index (Phi) is 5.59. The molecule has 1 aromatic carbocycles. The summed E-state index contributed by atoms with van der Waals surface area (Å²) in [4.78, 5) is 12.0. The van der Waals surface area contributed by atoms with Gasteiger partial charge in [0.15, 0.2) is 0 Å². The molecule has 0 radical (unpaired) electrons. The maximum Gasteiger partial charge on any atom is 0.251 e. The summed E-state index contributed by atoms with van der Waals surface area (Å²) in [6.45, 7) is 1.19. The standard InChI is InChI=1S/C13H18ClNO3/c1-2-13(8-16,9-17)15-12(18)11-5-3-10(7-14)4-6-11/h3-6,16-17H,2,7-9H2,1H3,(H,15,18). The van der Waals surface area contributed by atoms with E-state index in [4.69, 9.17) is 11.6 Å². The summed E-state index contributed by atoms with van der Waals surface area (Å²) >= 11 is 5.67. The number of benzene rings is 1. The highest BCUT2D eigenvalue weighted by Gasteiger charge is 2.28. The summed E-state index contributed by atoms with van der Waals surface area (Å²) in [5.41, 5.74) is 0.435. The van der Waals surface area contributed by atoms with Crippen molar-refractivity contribution in [1.29, 1.82) is 0 Å². The third-order valence-corrected chi connectivity index (χ3v) is 3.34. The third kappa shape index (κ3) is 3.45. The van der Waals surface area contributed by atoms with Crippen molar-refractivity contribution in [3.8, 4) is 0 Å². The minimum atomic E-state index is -0.970. The lowest BCUT2D eigenvalue weighted by Crippen LogP contribution is -2.53. The molecule has 1 aromatic rings. The van der Waals surface area contributed by atoms with E-state index in [0.717, 1.165) is 5.56 Å². The zero-order chi connectivity index (χ0) is 13.6. The molecule has 0 fully saturated rings. The van der Waals surface area contributed by atoms with Gasteiger partial charge in [-0.15, -0.1) is 11.6 Å². The fraction of sp³-hybridized carbons (Fsp3) is 0.462. The Morgan fingerprint density at radius 2 is 1.83 bits per heavy atom. The highest BCUT2D eigenvalue weighted by atomic mass is 35.5. The van der Waals surface area contributed by atoms with Crippen LogP contribution in [-0.2, 0) is 5.88 Å². The molecule has 0 aliphatic carbocycles. The minimum Gasteiger partial charge on any atom is -0.394 e. The van der Waals surface area contributed by atoms with Crippen LogP contribution >= 0.6 is 11.6 Å². The summed E-state index contributed by atoms with van der Waals surface area (Å²) in [5, 5.41) is 21.2. The highest BCUT2D eigenvalue weighted by molar-refractivity contribution is 6.17. The summed E-state index contributed by atoms with van der Waals surface area (Å²) in [6.07, 6.45) is 0.450. The molecule has 100 valence electrons. The number of amides is 1. The Labute approximate surface area is 112 Å². The van der Waals surface area contributed by atoms with Crippen molar-refractivity contribution in [2.45, 2.75) is 24.8 Å². The van der Waals surface area contributed by atoms with Gasteiger partial charge < -0.3 is 15.5 Å². The lowest BCUT2D eigenvalue weighted by atomic mass is 9.97. The van der Waals surface area contributed by atoms with Crippen molar-refractivity contribution in [3.05, 3.63) is 35.4 Å². The normalized spacial score (nSPS) is 11.3. The Morgan fingerprint density at radius 1 is 1.28 bits per heavy atom. The van der Waals surface area contributed by atoms with E-state index < -0.39 is 5.54 Å². The number of carbonyl (C=O) groups is 1. The first-order chi connectivity index (χ1) is 8.60. The van der Waals surface area contributed by atoms with Crippen LogP contribution in [0.3, 0.4) is 0 Å². The van der Waals surface area contributed by atoms with Gasteiger partial charge in [-0.25, -0.2) is 0 Å². The van der Waals surface area contributed by atoms with Gasteiger partial charge in [-0.2, -0.15) is 0 Å². The van der Waals surface area contributed by atoms with Crippen LogP contribution in [0.15, 0.2) is 24.3 Å². The number of halogens is 1. The molecule has 18 heavy (non-hydrogen) atoms. The van der Waals surface area contributed by atoms with Crippen LogP contribution in [0.25, 0.3) is 0 Å². The van der Waals surface area contributed by atoms with E-state index in [1.54, 1.807) is 31.2 Å². The zero-order valence-corrected chi connectivity index (χ0v) is 11.1. The quantitative estimate of drug-likeness (QED) is 0.683. The SMILES string of the molecule is CCC(CO)(CO)NC(=O)c1ccc(CCl)cc1. The van der Waals surface area contributed by atoms with Gasteiger partial charge in [-0.05, 0) is 24.1 Å². The molecule has 0 saturated heterocycles. The highest BCUT2D eigenvalue weighted by Crippen LogP contribution is 2.12. The molecule has 0 spiro atoms. The molecule has 4 nitrogen and oxygen atoms in total. The second-order valence-corrected chi connectivity index (χ2v) is 4.50. The van der Waals surface area contributed by atoms with E-state index in [-0.39, 0.29) is 19.1 Å². The lowest BCUT2D eigenvalue weighted by molar-refractivity contribution is 0.0653. The monoisotopic (exact) mass is 271 g/mol. The molecule has 1 amide bonds. The van der Waals surface area contributed by atoms with Gasteiger partial charge >= 0.3 is 0 Å². The number of nitrogens with one attached hydrogen (secondary N) is 1. The van der Waals surface area contributed by atoms with Crippen molar-refractivity contribution >= 4 is 17.5 Å². The maximum atomic E-state index is 12.0. The summed E-state index contributed by atoms with van der Waals surface area (Å²) in [5.74, 6) is 0.0784. The van der Waals surface area contributed by atoms with Crippen LogP contribution in [0.4, 0.5) is 0 Å². The summed E-state index contributed by atoms with van der Waals surface area (Å²) in [6, 6.07) is 6.88. The predicted molar refractivity (Wildman–Crippen MR) is 70.7 cm³/mol. The summed E-state index contributed by atoms with van der Waals surface area (Å²) < 4.78 is 0. The number of aliphatic hydroxyl groups is 2. The molecular formula is C13H18ClNO3. The van der Waals surface area contributed by atoms with E-state index in [2.05, 4.69) is 5.32 Å². The van der Waals surface area contributed by atoms with Gasteiger partial charge in [0.05, 0.1) is 18.8 Å². The van der Waals surface area contributed by atoms with E-state index in [9.17, 15) is 15.0 Å². The molecule has 0 unspecified atom stereocenters. The Bertz CT molecular complexity index is 379. The largest absolute Gasteiger partial charge is 0.394 e. The average molecular weight is 272 g/mol. The molecule has 0 heterocycles. The minimum absolute atomic E-state index is 0.300. The molecule has 0 aliphatic heterocycles. The molecule has 0 saturated carbocycles. The maximum absolute atomic E-state index is 12.0. The van der Waals surface area contributed by atoms with Crippen molar-refractivity contribution in [3.63, 3.8) is 0 Å². The van der Waals surface area contributed by atoms with Crippen molar-refractivity contribution in [1.82, 2.24) is 5.32 Å². The van der Waals surface area contributed by atoms with Gasteiger partial charge in [0.2, 0.25) is 0 Å². The van der Waals surface area contributed by atoms with Crippen LogP contribution < -0.4 is 5.32 Å². The van der Waals surface area contributed by atoms with Crippen molar-refractivity contribution in [2.75, 3.05) is 13.2 Å². The first-order valence-corrected chi connectivity index (χ1v) is 6.33. The molecule has 0 atom stereocenters. The first-order valence-electron chi connectivity index (χ1n) is 5.80. The fourth-order valence-corrected chi connectivity index (χ4v) is 1.68. The fourth-order valence-electron chi connectivity index (χ4n) is 1.50. The van der Waals surface area contributed by atoms with E-state index in [0.29, 0.717) is 17.9 Å². The first kappa shape index (κ1) is 15.0. The Balaban J connectivity index is 2.80. The van der Waals surface area contributed by atoms with Gasteiger partial charge in [-0.1, -0.05) is 19.1 Å². The molecule has 3 N–H and O–H groups in total. The molecule has 0 aliphatic rings. The number of carbonyl (C=O) groups excluding carboxylic acids is 1. The van der Waals surface area contributed by atoms with Gasteiger partial charge in [0.25, 0.3) is 5.91 Å². The van der Waals surface area contributed by atoms with Crippen molar-refractivity contribution in [2.24, 2.45) is 0 Å². The molecular weight excluding hydrogens is 254 g/mol. The van der Waals surface area contributed by atoms with Crippen LogP contribution in [0.2, 0.25) is 0 Å². The van der Waals surface area contributed by atoms with Gasteiger partial charge in [0.1, 0.15) is 0 Å². The van der Waals surface area contributed by atoms with Gasteiger partial charge in [0, 0.05) is 11.4 Å². The third-order valence-electron chi connectivity index (χ3n) is 3.03. The van der Waals surface area contributed by atoms with Crippen LogP contribution in [0, 0.1) is 0 Å². The Hall–Kier alpha value is -1.10. The number of hydrogen-bond donors (Lipinski definition) is 3. The van der Waals surface area contributed by atoms with Crippen LogP contribution in [-0.4, -0.2) is 34.9 Å². The van der Waals surface area contributed by atoms with Gasteiger partial charge in [-0.3, -0.25) is 4.79 Å². The van der Waals surface area contributed by atoms with E-state index in [1.165, 1.54) is 0 Å². The molecule has 1 rings (SSSR count). The number of alkyl halides is 1. The number of aliphatic hydroxyl groups excluding tert-OH is 2. The van der Waals surface area contributed by atoms with Crippen molar-refractivity contribution < 1.29 is 15.0 Å². The topological polar surface area (TPSA) is 69.6 Å². The molecule has 0 aromatic heterocycles. The predicted octanol–water partition coefficient (Wildman–Crippen LogP) is 1.29. The molecule has 5 heteroatoms. The summed E-state index contributed by atoms with van der Waals surface area (Å²) in [7, 11) is 0. The zero-order valence-electron chi connectivity index (χ0n) is 10.3. The average Bonchev–Trinajstić information content (AvgIpc) is 2.45. The lowest BCUT2D eigenvalue weighted by Gasteiger charge is -2.29. The number of hydrogen-bond acceptors (Lipinski definition) is 3. The van der Waals surface area contributed by atoms with E-state index >= 15 is 0 Å². The second kappa shape index (κ2) is 6.73. The number of rotatable bonds is 6. The van der Waals surface area contributed by atoms with Crippen LogP contribution in [0.1, 0.15) is 29.3 Å². The van der Waals surface area contributed by atoms with E-state index in [1.807, 2.05) is 0 Å². The smallest absolute Gasteiger partial charge is 0.251 e.